The molecule has 0 bridgehead atoms. The zero-order valence-electron chi connectivity index (χ0n) is 19.4. The third-order valence-corrected chi connectivity index (χ3v) is 6.20. The summed E-state index contributed by atoms with van der Waals surface area (Å²) in [5.41, 5.74) is 1.22. The fourth-order valence-corrected chi connectivity index (χ4v) is 4.10. The molecule has 1 heterocycles. The van der Waals surface area contributed by atoms with E-state index in [9.17, 15) is 14.9 Å². The molecule has 0 N–H and O–H groups in total. The maximum Gasteiger partial charge on any atom is 0.311 e. The fourth-order valence-electron chi connectivity index (χ4n) is 3.61. The highest BCUT2D eigenvalue weighted by Crippen LogP contribution is 2.31. The van der Waals surface area contributed by atoms with Crippen molar-refractivity contribution in [2.75, 3.05) is 0 Å². The number of aromatic nitrogens is 2. The van der Waals surface area contributed by atoms with Crippen LogP contribution >= 0.6 is 27.5 Å². The Hall–Kier alpha value is -3.56. The number of rotatable bonds is 9. The van der Waals surface area contributed by atoms with E-state index in [1.54, 1.807) is 48.5 Å². The number of para-hydroxylation sites is 1. The van der Waals surface area contributed by atoms with Crippen molar-refractivity contribution in [3.63, 3.8) is 0 Å². The summed E-state index contributed by atoms with van der Waals surface area (Å²) >= 11 is 9.34. The smallest absolute Gasteiger partial charge is 0.311 e. The molecule has 0 spiro atoms. The number of nitro groups is 1. The fraction of sp³-hybridized carbons (Fsp3) is 0.192. The first-order valence-corrected chi connectivity index (χ1v) is 12.4. The molecule has 4 rings (SSSR count). The monoisotopic (exact) mass is 568 g/mol. The minimum atomic E-state index is -0.511. The first kappa shape index (κ1) is 25.5. The molecule has 10 heteroatoms. The van der Waals surface area contributed by atoms with E-state index in [2.05, 4.69) is 32.9 Å². The molecular weight excluding hydrogens is 548 g/mol. The van der Waals surface area contributed by atoms with Gasteiger partial charge in [-0.2, -0.15) is 9.78 Å². The van der Waals surface area contributed by atoms with Gasteiger partial charge in [-0.1, -0.05) is 59.1 Å². The highest BCUT2D eigenvalue weighted by Gasteiger charge is 2.19. The maximum absolute atomic E-state index is 13.3. The lowest BCUT2D eigenvalue weighted by atomic mass is 10.2. The largest absolute Gasteiger partial charge is 0.481 e. The molecule has 0 saturated heterocycles. The van der Waals surface area contributed by atoms with Crippen LogP contribution < -0.4 is 10.3 Å². The van der Waals surface area contributed by atoms with Crippen LogP contribution in [0, 0.1) is 10.1 Å². The van der Waals surface area contributed by atoms with E-state index in [1.807, 2.05) is 6.07 Å². The molecule has 0 aliphatic carbocycles. The van der Waals surface area contributed by atoms with Gasteiger partial charge in [0.1, 0.15) is 12.4 Å². The van der Waals surface area contributed by atoms with Crippen LogP contribution in [-0.2, 0) is 13.0 Å². The number of nitro benzene ring substituents is 1. The second kappa shape index (κ2) is 11.5. The Morgan fingerprint density at radius 3 is 2.69 bits per heavy atom. The third kappa shape index (κ3) is 5.80. The molecule has 0 aliphatic rings. The van der Waals surface area contributed by atoms with Crippen LogP contribution in [-0.4, -0.2) is 20.8 Å². The van der Waals surface area contributed by atoms with Crippen molar-refractivity contribution in [3.05, 3.63) is 108 Å². The summed E-state index contributed by atoms with van der Waals surface area (Å²) in [5.74, 6) is 0.572. The average Bonchev–Trinajstić information content (AvgIpc) is 2.87. The number of unbranched alkanes of at least 4 members (excludes halogenated alkanes) is 1. The van der Waals surface area contributed by atoms with Gasteiger partial charge >= 0.3 is 5.69 Å². The van der Waals surface area contributed by atoms with Gasteiger partial charge < -0.3 is 4.74 Å². The topological polar surface area (TPSA) is 99.6 Å². The summed E-state index contributed by atoms with van der Waals surface area (Å²) in [6.45, 7) is 2.15. The summed E-state index contributed by atoms with van der Waals surface area (Å²) in [4.78, 5) is 29.2. The first-order chi connectivity index (χ1) is 17.4. The number of hydrogen-bond acceptors (Lipinski definition) is 6. The molecule has 3 aromatic carbocycles. The highest BCUT2D eigenvalue weighted by atomic mass is 79.9. The Balaban J connectivity index is 1.76. The lowest BCUT2D eigenvalue weighted by Gasteiger charge is -2.11. The molecule has 0 unspecified atom stereocenters. The molecular formula is C26H22BrClN4O4. The first-order valence-electron chi connectivity index (χ1n) is 11.3. The van der Waals surface area contributed by atoms with Gasteiger partial charge in [-0.15, -0.1) is 0 Å². The van der Waals surface area contributed by atoms with Gasteiger partial charge in [-0.25, -0.2) is 4.98 Å². The van der Waals surface area contributed by atoms with E-state index in [1.165, 1.54) is 17.0 Å². The standard InChI is InChI=1S/C26H22BrClN4O4/c1-2-3-7-24-30-22-13-10-19(27)14-21(22)26(33)31(24)29-15-18-5-4-6-23(32(34)35)25(18)36-16-17-8-11-20(28)12-9-17/h4-6,8-15H,2-3,7,16H2,1H3. The number of halogens is 2. The van der Waals surface area contributed by atoms with Crippen LogP contribution in [0.15, 0.2) is 75.0 Å². The molecule has 1 aromatic heterocycles. The van der Waals surface area contributed by atoms with E-state index in [4.69, 9.17) is 16.3 Å². The summed E-state index contributed by atoms with van der Waals surface area (Å²) < 4.78 is 7.88. The van der Waals surface area contributed by atoms with Crippen molar-refractivity contribution in [3.8, 4) is 5.75 Å². The molecule has 0 saturated carbocycles. The highest BCUT2D eigenvalue weighted by molar-refractivity contribution is 9.10. The number of nitrogens with zero attached hydrogens (tertiary/aromatic N) is 4. The molecule has 4 aromatic rings. The predicted molar refractivity (Wildman–Crippen MR) is 144 cm³/mol. The number of ether oxygens (including phenoxy) is 1. The van der Waals surface area contributed by atoms with Crippen LogP contribution in [0.4, 0.5) is 5.69 Å². The normalized spacial score (nSPS) is 11.3. The Kier molecular flexibility index (Phi) is 8.12. The van der Waals surface area contributed by atoms with Crippen molar-refractivity contribution in [1.29, 1.82) is 0 Å². The number of hydrogen-bond donors (Lipinski definition) is 0. The van der Waals surface area contributed by atoms with Crippen LogP contribution in [0.5, 0.6) is 5.75 Å². The van der Waals surface area contributed by atoms with Crippen molar-refractivity contribution < 1.29 is 9.66 Å². The van der Waals surface area contributed by atoms with Crippen LogP contribution in [0.25, 0.3) is 10.9 Å². The van der Waals surface area contributed by atoms with Gasteiger partial charge in [0, 0.05) is 27.5 Å². The zero-order valence-corrected chi connectivity index (χ0v) is 21.7. The molecule has 0 amide bonds. The van der Waals surface area contributed by atoms with Gasteiger partial charge in [0.05, 0.1) is 22.0 Å². The van der Waals surface area contributed by atoms with E-state index < -0.39 is 4.92 Å². The van der Waals surface area contributed by atoms with Gasteiger partial charge in [0.2, 0.25) is 5.75 Å². The molecule has 0 atom stereocenters. The van der Waals surface area contributed by atoms with E-state index in [0.29, 0.717) is 33.7 Å². The Morgan fingerprint density at radius 1 is 1.19 bits per heavy atom. The molecule has 36 heavy (non-hydrogen) atoms. The lowest BCUT2D eigenvalue weighted by molar-refractivity contribution is -0.385. The van der Waals surface area contributed by atoms with Gasteiger partial charge in [0.15, 0.2) is 0 Å². The van der Waals surface area contributed by atoms with Crippen molar-refractivity contribution in [1.82, 2.24) is 9.66 Å². The molecule has 0 radical (unpaired) electrons. The summed E-state index contributed by atoms with van der Waals surface area (Å²) in [7, 11) is 0. The van der Waals surface area contributed by atoms with E-state index >= 15 is 0 Å². The number of aryl methyl sites for hydroxylation is 1. The van der Waals surface area contributed by atoms with Crippen molar-refractivity contribution >= 4 is 50.3 Å². The van der Waals surface area contributed by atoms with E-state index in [0.717, 1.165) is 22.9 Å². The zero-order chi connectivity index (χ0) is 25.7. The Bertz CT molecular complexity index is 1500. The maximum atomic E-state index is 13.3. The van der Waals surface area contributed by atoms with Crippen molar-refractivity contribution in [2.45, 2.75) is 32.8 Å². The SMILES string of the molecule is CCCCc1nc2ccc(Br)cc2c(=O)n1N=Cc1cccc([N+](=O)[O-])c1OCc1ccc(Cl)cc1. The molecule has 8 nitrogen and oxygen atoms in total. The third-order valence-electron chi connectivity index (χ3n) is 5.46. The van der Waals surface area contributed by atoms with E-state index in [-0.39, 0.29) is 23.6 Å². The van der Waals surface area contributed by atoms with Crippen LogP contribution in [0.1, 0.15) is 36.7 Å². The average molecular weight is 570 g/mol. The Morgan fingerprint density at radius 2 is 1.97 bits per heavy atom. The van der Waals surface area contributed by atoms with Crippen LogP contribution in [0.3, 0.4) is 0 Å². The molecule has 0 aliphatic heterocycles. The minimum Gasteiger partial charge on any atom is -0.481 e. The minimum absolute atomic E-state index is 0.0563. The summed E-state index contributed by atoms with van der Waals surface area (Å²) in [6, 6.07) is 16.9. The van der Waals surface area contributed by atoms with Crippen molar-refractivity contribution in [2.24, 2.45) is 5.10 Å². The number of fused-ring (bicyclic) bond motifs is 1. The second-order valence-electron chi connectivity index (χ2n) is 8.02. The van der Waals surface area contributed by atoms with Crippen LogP contribution in [0.2, 0.25) is 5.02 Å². The lowest BCUT2D eigenvalue weighted by Crippen LogP contribution is -2.22. The Labute approximate surface area is 220 Å². The van der Waals surface area contributed by atoms with Gasteiger partial charge in [0.25, 0.3) is 5.56 Å². The number of benzene rings is 3. The molecule has 0 fully saturated rings. The molecule has 184 valence electrons. The quantitative estimate of drug-likeness (QED) is 0.130. The second-order valence-corrected chi connectivity index (χ2v) is 9.37. The predicted octanol–water partition coefficient (Wildman–Crippen LogP) is 6.52. The van der Waals surface area contributed by atoms with Gasteiger partial charge in [-0.05, 0) is 48.4 Å². The summed E-state index contributed by atoms with van der Waals surface area (Å²) in [6.07, 6.45) is 3.71. The van der Waals surface area contributed by atoms with Gasteiger partial charge in [-0.3, -0.25) is 14.9 Å². The summed E-state index contributed by atoms with van der Waals surface area (Å²) in [5, 5.41) is 17.1.